The van der Waals surface area contributed by atoms with Gasteiger partial charge in [0.05, 0.1) is 11.4 Å². The monoisotopic (exact) mass is 368 g/mol. The smallest absolute Gasteiger partial charge is 0.237 e. The molecule has 142 valence electrons. The summed E-state index contributed by atoms with van der Waals surface area (Å²) in [4.78, 5) is 18.7. The van der Waals surface area contributed by atoms with Crippen LogP contribution in [0.4, 0.5) is 21.5 Å². The fourth-order valence-electron chi connectivity index (χ4n) is 3.16. The zero-order valence-corrected chi connectivity index (χ0v) is 15.7. The minimum Gasteiger partial charge on any atom is -0.381 e. The highest BCUT2D eigenvalue weighted by molar-refractivity contribution is 6.12. The SMILES string of the molecule is CCN(CC)CCNc1ccc(N=CC2C(=O)Nc3ccccc32)cc1F. The van der Waals surface area contributed by atoms with Crippen LogP contribution in [0.2, 0.25) is 0 Å². The first-order chi connectivity index (χ1) is 13.1. The molecule has 5 nitrogen and oxygen atoms in total. The average molecular weight is 368 g/mol. The van der Waals surface area contributed by atoms with E-state index >= 15 is 0 Å². The normalized spacial score (nSPS) is 16.0. The summed E-state index contributed by atoms with van der Waals surface area (Å²) in [5.74, 6) is -0.910. The summed E-state index contributed by atoms with van der Waals surface area (Å²) in [6.07, 6.45) is 1.57. The summed E-state index contributed by atoms with van der Waals surface area (Å²) >= 11 is 0. The lowest BCUT2D eigenvalue weighted by molar-refractivity contribution is -0.115. The lowest BCUT2D eigenvalue weighted by Gasteiger charge is -2.18. The predicted octanol–water partition coefficient (Wildman–Crippen LogP) is 4.02. The summed E-state index contributed by atoms with van der Waals surface area (Å²) in [6.45, 7) is 7.72. The second kappa shape index (κ2) is 8.77. The molecular formula is C21H25FN4O. The van der Waals surface area contributed by atoms with Gasteiger partial charge < -0.3 is 15.5 Å². The van der Waals surface area contributed by atoms with E-state index in [1.54, 1.807) is 18.3 Å². The molecule has 1 heterocycles. The Hall–Kier alpha value is -2.73. The molecule has 0 spiro atoms. The quantitative estimate of drug-likeness (QED) is 0.692. The third-order valence-corrected chi connectivity index (χ3v) is 4.80. The maximum atomic E-state index is 14.3. The Morgan fingerprint density at radius 1 is 1.22 bits per heavy atom. The van der Waals surface area contributed by atoms with E-state index in [0.717, 1.165) is 30.9 Å². The average Bonchev–Trinajstić information content (AvgIpc) is 3.00. The number of nitrogens with zero attached hydrogens (tertiary/aromatic N) is 2. The molecule has 1 unspecified atom stereocenters. The van der Waals surface area contributed by atoms with E-state index in [1.165, 1.54) is 6.07 Å². The largest absolute Gasteiger partial charge is 0.381 e. The van der Waals surface area contributed by atoms with Gasteiger partial charge in [0.1, 0.15) is 11.7 Å². The molecule has 0 aromatic heterocycles. The number of carbonyl (C=O) groups is 1. The van der Waals surface area contributed by atoms with Crippen LogP contribution in [0, 0.1) is 5.82 Å². The first-order valence-electron chi connectivity index (χ1n) is 9.32. The van der Waals surface area contributed by atoms with E-state index in [4.69, 9.17) is 0 Å². The lowest BCUT2D eigenvalue weighted by atomic mass is 10.0. The second-order valence-corrected chi connectivity index (χ2v) is 6.45. The number of likely N-dealkylation sites (N-methyl/N-ethyl adjacent to an activating group) is 1. The fraction of sp³-hybridized carbons (Fsp3) is 0.333. The van der Waals surface area contributed by atoms with Crippen molar-refractivity contribution in [3.8, 4) is 0 Å². The number of aliphatic imine (C=N–C) groups is 1. The Labute approximate surface area is 159 Å². The number of halogens is 1. The van der Waals surface area contributed by atoms with Gasteiger partial charge in [-0.3, -0.25) is 9.79 Å². The number of fused-ring (bicyclic) bond motifs is 1. The van der Waals surface area contributed by atoms with Gasteiger partial charge >= 0.3 is 0 Å². The minimum atomic E-state index is -0.448. The van der Waals surface area contributed by atoms with Gasteiger partial charge in [0.2, 0.25) is 5.91 Å². The molecule has 3 rings (SSSR count). The number of benzene rings is 2. The number of carbonyl (C=O) groups excluding carboxylic acids is 1. The number of hydrogen-bond donors (Lipinski definition) is 2. The molecule has 2 aromatic carbocycles. The van der Waals surface area contributed by atoms with E-state index in [-0.39, 0.29) is 11.7 Å². The van der Waals surface area contributed by atoms with Gasteiger partial charge in [-0.15, -0.1) is 0 Å². The van der Waals surface area contributed by atoms with Gasteiger partial charge in [0.25, 0.3) is 0 Å². The zero-order chi connectivity index (χ0) is 19.2. The highest BCUT2D eigenvalue weighted by Crippen LogP contribution is 2.31. The van der Waals surface area contributed by atoms with Gasteiger partial charge in [0, 0.05) is 31.1 Å². The van der Waals surface area contributed by atoms with Crippen molar-refractivity contribution in [3.05, 3.63) is 53.8 Å². The molecule has 2 N–H and O–H groups in total. The van der Waals surface area contributed by atoms with Crippen molar-refractivity contribution >= 4 is 29.2 Å². The number of amides is 1. The van der Waals surface area contributed by atoms with Crippen LogP contribution >= 0.6 is 0 Å². The third kappa shape index (κ3) is 4.52. The molecule has 0 radical (unpaired) electrons. The molecule has 0 saturated heterocycles. The van der Waals surface area contributed by atoms with E-state index in [9.17, 15) is 9.18 Å². The van der Waals surface area contributed by atoms with Crippen molar-refractivity contribution < 1.29 is 9.18 Å². The standard InChI is InChI=1S/C21H25FN4O/c1-3-26(4-2)12-11-23-20-10-9-15(13-18(20)22)24-14-17-16-7-5-6-8-19(16)25-21(17)27/h5-10,13-14,17,23H,3-4,11-12H2,1-2H3,(H,25,27). The van der Waals surface area contributed by atoms with Gasteiger partial charge in [-0.25, -0.2) is 4.39 Å². The predicted molar refractivity (Wildman–Crippen MR) is 109 cm³/mol. The third-order valence-electron chi connectivity index (χ3n) is 4.80. The topological polar surface area (TPSA) is 56.7 Å². The molecule has 1 aliphatic rings. The molecule has 6 heteroatoms. The Morgan fingerprint density at radius 3 is 2.74 bits per heavy atom. The molecule has 2 aromatic rings. The molecule has 27 heavy (non-hydrogen) atoms. The number of rotatable bonds is 8. The molecule has 1 amide bonds. The van der Waals surface area contributed by atoms with Crippen LogP contribution in [0.15, 0.2) is 47.5 Å². The summed E-state index contributed by atoms with van der Waals surface area (Å²) < 4.78 is 14.3. The zero-order valence-electron chi connectivity index (χ0n) is 15.7. The van der Waals surface area contributed by atoms with Gasteiger partial charge in [-0.2, -0.15) is 0 Å². The van der Waals surface area contributed by atoms with Crippen molar-refractivity contribution in [1.29, 1.82) is 0 Å². The molecule has 1 aliphatic heterocycles. The van der Waals surface area contributed by atoms with Crippen LogP contribution in [0.3, 0.4) is 0 Å². The number of nitrogens with one attached hydrogen (secondary N) is 2. The van der Waals surface area contributed by atoms with Gasteiger partial charge in [-0.1, -0.05) is 32.0 Å². The Kier molecular flexibility index (Phi) is 6.19. The Balaban J connectivity index is 1.64. The van der Waals surface area contributed by atoms with E-state index in [1.807, 2.05) is 24.3 Å². The van der Waals surface area contributed by atoms with Crippen LogP contribution in [0.25, 0.3) is 0 Å². The lowest BCUT2D eigenvalue weighted by Crippen LogP contribution is -2.28. The number of hydrogen-bond acceptors (Lipinski definition) is 4. The molecular weight excluding hydrogens is 343 g/mol. The summed E-state index contributed by atoms with van der Waals surface area (Å²) in [5.41, 5.74) is 2.64. The van der Waals surface area contributed by atoms with Crippen LogP contribution in [0.1, 0.15) is 25.3 Å². The minimum absolute atomic E-state index is 0.116. The van der Waals surface area contributed by atoms with Crippen LogP contribution in [-0.4, -0.2) is 43.2 Å². The van der Waals surface area contributed by atoms with Gasteiger partial charge in [0.15, 0.2) is 0 Å². The first-order valence-corrected chi connectivity index (χ1v) is 9.32. The van der Waals surface area contributed by atoms with Crippen molar-refractivity contribution in [2.75, 3.05) is 36.8 Å². The molecule has 0 aliphatic carbocycles. The summed E-state index contributed by atoms with van der Waals surface area (Å²) in [5, 5.41) is 5.95. The summed E-state index contributed by atoms with van der Waals surface area (Å²) in [6, 6.07) is 12.3. The van der Waals surface area contributed by atoms with Crippen molar-refractivity contribution in [2.24, 2.45) is 4.99 Å². The molecule has 0 bridgehead atoms. The summed E-state index contributed by atoms with van der Waals surface area (Å²) in [7, 11) is 0. The van der Waals surface area contributed by atoms with Crippen molar-refractivity contribution in [2.45, 2.75) is 19.8 Å². The molecule has 0 saturated carbocycles. The Bertz CT molecular complexity index is 833. The van der Waals surface area contributed by atoms with Crippen molar-refractivity contribution in [1.82, 2.24) is 4.90 Å². The maximum absolute atomic E-state index is 14.3. The second-order valence-electron chi connectivity index (χ2n) is 6.45. The van der Waals surface area contributed by atoms with Crippen LogP contribution in [0.5, 0.6) is 0 Å². The van der Waals surface area contributed by atoms with Crippen LogP contribution < -0.4 is 10.6 Å². The maximum Gasteiger partial charge on any atom is 0.237 e. The van der Waals surface area contributed by atoms with Gasteiger partial charge in [-0.05, 0) is 36.9 Å². The van der Waals surface area contributed by atoms with E-state index in [0.29, 0.717) is 17.9 Å². The number of para-hydroxylation sites is 1. The first kappa shape index (κ1) is 19.0. The van der Waals surface area contributed by atoms with Crippen LogP contribution in [-0.2, 0) is 4.79 Å². The molecule has 1 atom stereocenters. The fourth-order valence-corrected chi connectivity index (χ4v) is 3.16. The highest BCUT2D eigenvalue weighted by atomic mass is 19.1. The van der Waals surface area contributed by atoms with Crippen molar-refractivity contribution in [3.63, 3.8) is 0 Å². The Morgan fingerprint density at radius 2 is 2.00 bits per heavy atom. The van der Waals surface area contributed by atoms with E-state index in [2.05, 4.69) is 34.4 Å². The highest BCUT2D eigenvalue weighted by Gasteiger charge is 2.28. The number of anilines is 2. The van der Waals surface area contributed by atoms with E-state index < -0.39 is 5.92 Å². The molecule has 0 fully saturated rings.